The van der Waals surface area contributed by atoms with Crippen molar-refractivity contribution < 1.29 is 4.42 Å². The monoisotopic (exact) mass is 272 g/mol. The zero-order valence-corrected chi connectivity index (χ0v) is 11.3. The van der Waals surface area contributed by atoms with Crippen LogP contribution in [0.3, 0.4) is 0 Å². The van der Waals surface area contributed by atoms with Crippen molar-refractivity contribution in [2.45, 2.75) is 6.54 Å². The van der Waals surface area contributed by atoms with Crippen LogP contribution < -0.4 is 4.90 Å². The number of benzene rings is 2. The number of oxazole rings is 1. The van der Waals surface area contributed by atoms with E-state index in [0.29, 0.717) is 12.6 Å². The normalized spacial score (nSPS) is 10.8. The molecule has 0 N–H and O–H groups in total. The third-order valence-electron chi connectivity index (χ3n) is 2.92. The van der Waals surface area contributed by atoms with Gasteiger partial charge in [0, 0.05) is 18.6 Å². The van der Waals surface area contributed by atoms with Crippen molar-refractivity contribution >= 4 is 28.7 Å². The van der Waals surface area contributed by atoms with Crippen LogP contribution in [0.15, 0.2) is 52.9 Å². The van der Waals surface area contributed by atoms with Gasteiger partial charge in [-0.15, -0.1) is 0 Å². The van der Waals surface area contributed by atoms with E-state index in [4.69, 9.17) is 16.0 Å². The number of rotatable bonds is 3. The zero-order valence-electron chi connectivity index (χ0n) is 10.5. The molecule has 0 unspecified atom stereocenters. The lowest BCUT2D eigenvalue weighted by atomic mass is 10.2. The molecule has 0 saturated carbocycles. The topological polar surface area (TPSA) is 29.3 Å². The molecule has 0 saturated heterocycles. The van der Waals surface area contributed by atoms with E-state index in [1.807, 2.05) is 60.5 Å². The second-order valence-electron chi connectivity index (χ2n) is 4.45. The van der Waals surface area contributed by atoms with Crippen molar-refractivity contribution in [2.24, 2.45) is 0 Å². The molecule has 1 aromatic heterocycles. The Balaban J connectivity index is 1.85. The van der Waals surface area contributed by atoms with Gasteiger partial charge in [0.2, 0.25) is 0 Å². The molecule has 1 heterocycles. The first-order valence-electron chi connectivity index (χ1n) is 6.03. The maximum absolute atomic E-state index is 5.98. The predicted molar refractivity (Wildman–Crippen MR) is 77.6 cm³/mol. The molecule has 0 aliphatic carbocycles. The first-order valence-corrected chi connectivity index (χ1v) is 6.41. The molecular weight excluding hydrogens is 260 g/mol. The van der Waals surface area contributed by atoms with Crippen LogP contribution in [-0.2, 0) is 6.54 Å². The van der Waals surface area contributed by atoms with E-state index >= 15 is 0 Å². The van der Waals surface area contributed by atoms with Crippen LogP contribution in [-0.4, -0.2) is 12.0 Å². The fourth-order valence-corrected chi connectivity index (χ4v) is 2.21. The second-order valence-corrected chi connectivity index (χ2v) is 4.89. The highest BCUT2D eigenvalue weighted by atomic mass is 35.5. The second kappa shape index (κ2) is 4.94. The molecule has 0 bridgehead atoms. The third kappa shape index (κ3) is 2.56. The van der Waals surface area contributed by atoms with E-state index in [1.54, 1.807) is 0 Å². The van der Waals surface area contributed by atoms with Gasteiger partial charge in [-0.25, -0.2) is 0 Å². The van der Waals surface area contributed by atoms with Crippen LogP contribution in [0.4, 0.5) is 6.01 Å². The molecule has 3 aromatic rings. The highest BCUT2D eigenvalue weighted by Gasteiger charge is 2.10. The van der Waals surface area contributed by atoms with Crippen LogP contribution in [0.5, 0.6) is 0 Å². The van der Waals surface area contributed by atoms with E-state index < -0.39 is 0 Å². The van der Waals surface area contributed by atoms with Crippen molar-refractivity contribution in [1.29, 1.82) is 0 Å². The maximum atomic E-state index is 5.98. The van der Waals surface area contributed by atoms with Gasteiger partial charge >= 0.3 is 0 Å². The average Bonchev–Trinajstić information content (AvgIpc) is 2.82. The summed E-state index contributed by atoms with van der Waals surface area (Å²) in [6, 6.07) is 16.1. The van der Waals surface area contributed by atoms with Crippen molar-refractivity contribution in [3.63, 3.8) is 0 Å². The summed E-state index contributed by atoms with van der Waals surface area (Å²) >= 11 is 5.98. The lowest BCUT2D eigenvalue weighted by molar-refractivity contribution is 0.582. The molecule has 0 aliphatic rings. The van der Waals surface area contributed by atoms with Gasteiger partial charge in [-0.3, -0.25) is 0 Å². The lowest BCUT2D eigenvalue weighted by Gasteiger charge is -2.14. The Morgan fingerprint density at radius 1 is 1.16 bits per heavy atom. The molecule has 19 heavy (non-hydrogen) atoms. The summed E-state index contributed by atoms with van der Waals surface area (Å²) in [6.45, 7) is 0.702. The van der Waals surface area contributed by atoms with E-state index in [-0.39, 0.29) is 0 Å². The number of nitrogens with zero attached hydrogens (tertiary/aromatic N) is 2. The third-order valence-corrected chi connectivity index (χ3v) is 3.15. The SMILES string of the molecule is CN(Cc1cccc(Cl)c1)c1nc2ccccc2o1. The fourth-order valence-electron chi connectivity index (χ4n) is 2.00. The van der Waals surface area contributed by atoms with E-state index in [1.165, 1.54) is 0 Å². The molecule has 0 aliphatic heterocycles. The van der Waals surface area contributed by atoms with Gasteiger partial charge < -0.3 is 9.32 Å². The first-order chi connectivity index (χ1) is 9.22. The van der Waals surface area contributed by atoms with Crippen molar-refractivity contribution in [1.82, 2.24) is 4.98 Å². The number of anilines is 1. The zero-order chi connectivity index (χ0) is 13.2. The predicted octanol–water partition coefficient (Wildman–Crippen LogP) is 4.12. The van der Waals surface area contributed by atoms with Gasteiger partial charge in [0.25, 0.3) is 6.01 Å². The summed E-state index contributed by atoms with van der Waals surface area (Å²) in [4.78, 5) is 6.42. The summed E-state index contributed by atoms with van der Waals surface area (Å²) < 4.78 is 5.71. The minimum Gasteiger partial charge on any atom is -0.423 e. The van der Waals surface area contributed by atoms with Crippen molar-refractivity contribution in [3.05, 3.63) is 59.1 Å². The van der Waals surface area contributed by atoms with E-state index in [9.17, 15) is 0 Å². The van der Waals surface area contributed by atoms with E-state index in [2.05, 4.69) is 4.98 Å². The van der Waals surface area contributed by atoms with Gasteiger partial charge in [-0.05, 0) is 29.8 Å². The van der Waals surface area contributed by atoms with Crippen LogP contribution in [0.2, 0.25) is 5.02 Å². The Morgan fingerprint density at radius 3 is 2.79 bits per heavy atom. The average molecular weight is 273 g/mol. The molecule has 3 rings (SSSR count). The van der Waals surface area contributed by atoms with Crippen LogP contribution in [0.1, 0.15) is 5.56 Å². The van der Waals surface area contributed by atoms with Crippen LogP contribution in [0.25, 0.3) is 11.1 Å². The fraction of sp³-hybridized carbons (Fsp3) is 0.133. The minimum absolute atomic E-state index is 0.612. The molecule has 2 aromatic carbocycles. The number of fused-ring (bicyclic) bond motifs is 1. The smallest absolute Gasteiger partial charge is 0.298 e. The number of para-hydroxylation sites is 2. The highest BCUT2D eigenvalue weighted by molar-refractivity contribution is 6.30. The molecule has 0 radical (unpaired) electrons. The van der Waals surface area contributed by atoms with Gasteiger partial charge in [-0.1, -0.05) is 35.9 Å². The summed E-state index contributed by atoms with van der Waals surface area (Å²) in [5.41, 5.74) is 2.79. The van der Waals surface area contributed by atoms with Gasteiger partial charge in [0.1, 0.15) is 5.52 Å². The number of aromatic nitrogens is 1. The summed E-state index contributed by atoms with van der Waals surface area (Å²) in [6.07, 6.45) is 0. The molecule has 3 nitrogen and oxygen atoms in total. The van der Waals surface area contributed by atoms with Crippen LogP contribution >= 0.6 is 11.6 Å². The Labute approximate surface area is 116 Å². The number of halogens is 1. The summed E-state index contributed by atoms with van der Waals surface area (Å²) in [7, 11) is 1.95. The maximum Gasteiger partial charge on any atom is 0.298 e. The molecule has 0 spiro atoms. The quantitative estimate of drug-likeness (QED) is 0.718. The standard InChI is InChI=1S/C15H13ClN2O/c1-18(10-11-5-4-6-12(16)9-11)15-17-13-7-2-3-8-14(13)19-15/h2-9H,10H2,1H3. The van der Waals surface area contributed by atoms with Crippen molar-refractivity contribution in [3.8, 4) is 0 Å². The Morgan fingerprint density at radius 2 is 2.00 bits per heavy atom. The number of hydrogen-bond donors (Lipinski definition) is 0. The largest absolute Gasteiger partial charge is 0.423 e. The summed E-state index contributed by atoms with van der Waals surface area (Å²) in [5, 5.41) is 0.739. The molecule has 4 heteroatoms. The van der Waals surface area contributed by atoms with Gasteiger partial charge in [0.05, 0.1) is 0 Å². The molecule has 0 fully saturated rings. The summed E-state index contributed by atoms with van der Waals surface area (Å²) in [5.74, 6) is 0. The Bertz CT molecular complexity index is 675. The molecule has 96 valence electrons. The van der Waals surface area contributed by atoms with Crippen molar-refractivity contribution in [2.75, 3.05) is 11.9 Å². The first kappa shape index (κ1) is 12.1. The van der Waals surface area contributed by atoms with Crippen LogP contribution in [0, 0.1) is 0 Å². The highest BCUT2D eigenvalue weighted by Crippen LogP contribution is 2.22. The minimum atomic E-state index is 0.612. The van der Waals surface area contributed by atoms with E-state index in [0.717, 1.165) is 21.7 Å². The van der Waals surface area contributed by atoms with Gasteiger partial charge in [0.15, 0.2) is 5.58 Å². The molecule has 0 atom stereocenters. The molecular formula is C15H13ClN2O. The van der Waals surface area contributed by atoms with Gasteiger partial charge in [-0.2, -0.15) is 4.98 Å². The Hall–Kier alpha value is -2.00. The Kier molecular flexibility index (Phi) is 3.13. The number of hydrogen-bond acceptors (Lipinski definition) is 3. The molecule has 0 amide bonds. The lowest BCUT2D eigenvalue weighted by Crippen LogP contribution is -2.16.